The summed E-state index contributed by atoms with van der Waals surface area (Å²) < 4.78 is 5.34. The Morgan fingerprint density at radius 3 is 2.65 bits per heavy atom. The van der Waals surface area contributed by atoms with E-state index in [1.54, 1.807) is 13.8 Å². The van der Waals surface area contributed by atoms with Gasteiger partial charge in [-0.1, -0.05) is 13.0 Å². The van der Waals surface area contributed by atoms with Crippen molar-refractivity contribution in [3.05, 3.63) is 33.9 Å². The molecule has 124 valence electrons. The quantitative estimate of drug-likeness (QED) is 0.653. The first-order chi connectivity index (χ1) is 10.9. The molecular weight excluding hydrogens is 304 g/mol. The first kappa shape index (κ1) is 16.7. The number of aliphatic carboxylic acids is 1. The fourth-order valence-electron chi connectivity index (χ4n) is 2.77. The van der Waals surface area contributed by atoms with Crippen LogP contribution in [0.5, 0.6) is 5.75 Å². The molecule has 1 aromatic carbocycles. The van der Waals surface area contributed by atoms with Gasteiger partial charge in [-0.2, -0.15) is 0 Å². The van der Waals surface area contributed by atoms with Crippen molar-refractivity contribution in [2.24, 2.45) is 11.8 Å². The maximum absolute atomic E-state index is 12.7. The zero-order valence-electron chi connectivity index (χ0n) is 12.9. The van der Waals surface area contributed by atoms with Crippen LogP contribution in [0.25, 0.3) is 0 Å². The highest BCUT2D eigenvalue weighted by molar-refractivity contribution is 6.01. The molecule has 0 saturated carbocycles. The average molecular weight is 322 g/mol. The van der Waals surface area contributed by atoms with Crippen molar-refractivity contribution in [2.45, 2.75) is 13.8 Å². The predicted octanol–water partition coefficient (Wildman–Crippen LogP) is 1.79. The largest absolute Gasteiger partial charge is 0.493 e. The summed E-state index contributed by atoms with van der Waals surface area (Å²) in [5.41, 5.74) is -0.468. The number of nitro groups is 1. The van der Waals surface area contributed by atoms with Crippen LogP contribution in [-0.2, 0) is 4.79 Å². The lowest BCUT2D eigenvalue weighted by molar-refractivity contribution is -0.385. The molecular formula is C15H18N2O6. The lowest BCUT2D eigenvalue weighted by atomic mass is 9.99. The Bertz CT molecular complexity index is 645. The third kappa shape index (κ3) is 3.25. The van der Waals surface area contributed by atoms with E-state index in [0.717, 1.165) is 0 Å². The van der Waals surface area contributed by atoms with Crippen LogP contribution in [0, 0.1) is 22.0 Å². The summed E-state index contributed by atoms with van der Waals surface area (Å²) in [4.78, 5) is 35.8. The number of carboxylic acid groups (broad SMARTS) is 1. The molecule has 1 heterocycles. The van der Waals surface area contributed by atoms with Crippen LogP contribution in [-0.4, -0.2) is 46.5 Å². The normalized spacial score (nSPS) is 20.3. The molecule has 1 amide bonds. The van der Waals surface area contributed by atoms with Gasteiger partial charge in [-0.25, -0.2) is 0 Å². The third-order valence-electron chi connectivity index (χ3n) is 3.93. The molecule has 8 nitrogen and oxygen atoms in total. The standard InChI is InChI=1S/C15H18N2O6/c1-3-23-12-6-4-5-11(17(21)22)13(12)14(18)16-7-9(2)10(8-16)15(19)20/h4-6,9-10H,3,7-8H2,1-2H3,(H,19,20)/t9-,10-/m1/s1. The van der Waals surface area contributed by atoms with Gasteiger partial charge in [-0.3, -0.25) is 19.7 Å². The number of nitro benzene ring substituents is 1. The molecule has 1 aliphatic heterocycles. The summed E-state index contributed by atoms with van der Waals surface area (Å²) in [6.45, 7) is 4.00. The molecule has 1 fully saturated rings. The van der Waals surface area contributed by atoms with Crippen LogP contribution < -0.4 is 4.74 Å². The van der Waals surface area contributed by atoms with Crippen molar-refractivity contribution in [3.8, 4) is 5.75 Å². The van der Waals surface area contributed by atoms with Gasteiger partial charge >= 0.3 is 5.97 Å². The van der Waals surface area contributed by atoms with Gasteiger partial charge in [-0.15, -0.1) is 0 Å². The SMILES string of the molecule is CCOc1cccc([N+](=O)[O-])c1C(=O)N1C[C@@H](C)[C@H](C(=O)O)C1. The molecule has 1 aromatic rings. The fraction of sp³-hybridized carbons (Fsp3) is 0.467. The van der Waals surface area contributed by atoms with E-state index in [2.05, 4.69) is 0 Å². The number of likely N-dealkylation sites (tertiary alicyclic amines) is 1. The number of hydrogen-bond donors (Lipinski definition) is 1. The number of ether oxygens (including phenoxy) is 1. The second-order valence-electron chi connectivity index (χ2n) is 5.47. The Morgan fingerprint density at radius 1 is 1.43 bits per heavy atom. The van der Waals surface area contributed by atoms with E-state index in [-0.39, 0.29) is 42.6 Å². The fourth-order valence-corrected chi connectivity index (χ4v) is 2.77. The van der Waals surface area contributed by atoms with E-state index in [0.29, 0.717) is 0 Å². The number of carboxylic acids is 1. The van der Waals surface area contributed by atoms with Gasteiger partial charge in [0.2, 0.25) is 0 Å². The van der Waals surface area contributed by atoms with Crippen molar-refractivity contribution < 1.29 is 24.4 Å². The average Bonchev–Trinajstić information content (AvgIpc) is 2.89. The third-order valence-corrected chi connectivity index (χ3v) is 3.93. The Balaban J connectivity index is 2.39. The van der Waals surface area contributed by atoms with E-state index in [1.807, 2.05) is 0 Å². The number of carbonyl (C=O) groups excluding carboxylic acids is 1. The van der Waals surface area contributed by atoms with E-state index < -0.39 is 22.7 Å². The Morgan fingerprint density at radius 2 is 2.13 bits per heavy atom. The highest BCUT2D eigenvalue weighted by Crippen LogP contribution is 2.32. The summed E-state index contributed by atoms with van der Waals surface area (Å²) in [6.07, 6.45) is 0. The van der Waals surface area contributed by atoms with Crippen molar-refractivity contribution in [3.63, 3.8) is 0 Å². The molecule has 1 saturated heterocycles. The number of carbonyl (C=O) groups is 2. The number of amides is 1. The molecule has 1 aliphatic rings. The van der Waals surface area contributed by atoms with Crippen LogP contribution in [0.2, 0.25) is 0 Å². The number of hydrogen-bond acceptors (Lipinski definition) is 5. The minimum atomic E-state index is -0.972. The van der Waals surface area contributed by atoms with Crippen molar-refractivity contribution in [2.75, 3.05) is 19.7 Å². The first-order valence-electron chi connectivity index (χ1n) is 7.29. The topological polar surface area (TPSA) is 110 Å². The van der Waals surface area contributed by atoms with Gasteiger partial charge in [0.25, 0.3) is 11.6 Å². The molecule has 0 radical (unpaired) electrons. The maximum atomic E-state index is 12.7. The lowest BCUT2D eigenvalue weighted by Crippen LogP contribution is -2.30. The van der Waals surface area contributed by atoms with Gasteiger partial charge in [0.1, 0.15) is 5.75 Å². The van der Waals surface area contributed by atoms with Crippen molar-refractivity contribution >= 4 is 17.6 Å². The molecule has 0 spiro atoms. The lowest BCUT2D eigenvalue weighted by Gasteiger charge is -2.18. The Hall–Kier alpha value is -2.64. The number of nitrogens with zero attached hydrogens (tertiary/aromatic N) is 2. The maximum Gasteiger partial charge on any atom is 0.308 e. The van der Waals surface area contributed by atoms with Gasteiger partial charge in [-0.05, 0) is 18.9 Å². The predicted molar refractivity (Wildman–Crippen MR) is 80.5 cm³/mol. The summed E-state index contributed by atoms with van der Waals surface area (Å²) in [6, 6.07) is 4.19. The summed E-state index contributed by atoms with van der Waals surface area (Å²) in [5, 5.41) is 20.4. The monoisotopic (exact) mass is 322 g/mol. The van der Waals surface area contributed by atoms with Gasteiger partial charge < -0.3 is 14.7 Å². The molecule has 0 bridgehead atoms. The van der Waals surface area contributed by atoms with Crippen LogP contribution in [0.4, 0.5) is 5.69 Å². The first-order valence-corrected chi connectivity index (χ1v) is 7.29. The second-order valence-corrected chi connectivity index (χ2v) is 5.47. The van der Waals surface area contributed by atoms with E-state index in [9.17, 15) is 19.7 Å². The molecule has 0 aromatic heterocycles. The zero-order valence-corrected chi connectivity index (χ0v) is 12.9. The summed E-state index contributed by atoms with van der Waals surface area (Å²) in [5.74, 6) is -2.29. The Labute approximate surface area is 132 Å². The van der Waals surface area contributed by atoms with Crippen LogP contribution in [0.15, 0.2) is 18.2 Å². The number of rotatable bonds is 5. The van der Waals surface area contributed by atoms with Crippen LogP contribution in [0.1, 0.15) is 24.2 Å². The second kappa shape index (κ2) is 6.64. The highest BCUT2D eigenvalue weighted by Gasteiger charge is 2.39. The van der Waals surface area contributed by atoms with E-state index in [4.69, 9.17) is 9.84 Å². The highest BCUT2D eigenvalue weighted by atomic mass is 16.6. The Kier molecular flexibility index (Phi) is 4.83. The summed E-state index contributed by atoms with van der Waals surface area (Å²) >= 11 is 0. The molecule has 1 N–H and O–H groups in total. The smallest absolute Gasteiger partial charge is 0.308 e. The molecule has 2 rings (SSSR count). The minimum Gasteiger partial charge on any atom is -0.493 e. The number of benzene rings is 1. The van der Waals surface area contributed by atoms with Gasteiger partial charge in [0, 0.05) is 19.2 Å². The zero-order chi connectivity index (χ0) is 17.1. The molecule has 23 heavy (non-hydrogen) atoms. The van der Waals surface area contributed by atoms with Crippen molar-refractivity contribution in [1.82, 2.24) is 4.90 Å². The van der Waals surface area contributed by atoms with Gasteiger partial charge in [0.05, 0.1) is 17.4 Å². The van der Waals surface area contributed by atoms with Crippen molar-refractivity contribution in [1.29, 1.82) is 0 Å². The minimum absolute atomic E-state index is 0.0347. The van der Waals surface area contributed by atoms with Gasteiger partial charge in [0.15, 0.2) is 5.56 Å². The molecule has 2 atom stereocenters. The van der Waals surface area contributed by atoms with Crippen LogP contribution >= 0.6 is 0 Å². The molecule has 8 heteroatoms. The van der Waals surface area contributed by atoms with Crippen LogP contribution in [0.3, 0.4) is 0 Å². The molecule has 0 aliphatic carbocycles. The summed E-state index contributed by atoms with van der Waals surface area (Å²) in [7, 11) is 0. The van der Waals surface area contributed by atoms with E-state index >= 15 is 0 Å². The molecule has 0 unspecified atom stereocenters. The van der Waals surface area contributed by atoms with E-state index in [1.165, 1.54) is 23.1 Å².